The zero-order valence-corrected chi connectivity index (χ0v) is 20.5. The predicted octanol–water partition coefficient (Wildman–Crippen LogP) is 6.59. The standard InChI is InChI=1S/C18H14S.C7H11.U/c1-4-10-16(11-5-1)19(17-12-6-2-7-13-17)18-14-8-3-9-15-18;1-2-7-4-3-6(1)5-7;/h1-2,4-15H;1,6-7H,2-5H2;/q;-1;+2. The second-order valence-electron chi connectivity index (χ2n) is 7.08. The van der Waals surface area contributed by atoms with Gasteiger partial charge in [0, 0.05) is 0 Å². The molecule has 2 fully saturated rings. The molecular weight excluding hydrogens is 570 g/mol. The molecule has 2 unspecified atom stereocenters. The van der Waals surface area contributed by atoms with E-state index in [4.69, 9.17) is 0 Å². The summed E-state index contributed by atoms with van der Waals surface area (Å²) in [6.07, 6.45) is 8.50. The summed E-state index contributed by atoms with van der Waals surface area (Å²) < 4.78 is 0. The molecule has 0 nitrogen and oxygen atoms in total. The summed E-state index contributed by atoms with van der Waals surface area (Å²) in [4.78, 5) is 4.02. The van der Waals surface area contributed by atoms with Crippen molar-refractivity contribution < 1.29 is 31.1 Å². The van der Waals surface area contributed by atoms with E-state index in [2.05, 4.69) is 85.3 Å². The van der Waals surface area contributed by atoms with Crippen molar-refractivity contribution in [3.63, 3.8) is 0 Å². The minimum Gasteiger partial charge on any atom is -0.325 e. The molecule has 3 aromatic carbocycles. The molecule has 2 aliphatic rings. The number of hydrogen-bond donors (Lipinski definition) is 0. The van der Waals surface area contributed by atoms with Crippen molar-refractivity contribution >= 4 is 10.9 Å². The fourth-order valence-corrected chi connectivity index (χ4v) is 6.04. The van der Waals surface area contributed by atoms with Gasteiger partial charge in [-0.1, -0.05) is 61.6 Å². The van der Waals surface area contributed by atoms with Gasteiger partial charge in [0.25, 0.3) is 0 Å². The normalized spacial score (nSPS) is 19.9. The zero-order chi connectivity index (χ0) is 17.6. The van der Waals surface area contributed by atoms with Crippen molar-refractivity contribution in [1.29, 1.82) is 0 Å². The molecule has 0 heterocycles. The summed E-state index contributed by atoms with van der Waals surface area (Å²) in [6, 6.07) is 32.7. The monoisotopic (exact) mass is 595 g/mol. The molecule has 0 aliphatic heterocycles. The van der Waals surface area contributed by atoms with E-state index in [1.165, 1.54) is 40.4 Å². The molecule has 0 amide bonds. The van der Waals surface area contributed by atoms with E-state index in [1.54, 1.807) is 0 Å². The zero-order valence-electron chi connectivity index (χ0n) is 15.6. The summed E-state index contributed by atoms with van der Waals surface area (Å²) in [6.45, 7) is 0. The first-order valence-corrected chi connectivity index (χ1v) is 10.8. The van der Waals surface area contributed by atoms with Crippen LogP contribution in [0.4, 0.5) is 0 Å². The third kappa shape index (κ3) is 5.54. The van der Waals surface area contributed by atoms with Crippen LogP contribution in [0.3, 0.4) is 0 Å². The second kappa shape index (κ2) is 10.6. The summed E-state index contributed by atoms with van der Waals surface area (Å²) in [5.41, 5.74) is 0. The summed E-state index contributed by atoms with van der Waals surface area (Å²) >= 11 is 0. The van der Waals surface area contributed by atoms with Crippen LogP contribution in [0.25, 0.3) is 0 Å². The van der Waals surface area contributed by atoms with Gasteiger partial charge in [-0.15, -0.1) is 12.1 Å². The van der Waals surface area contributed by atoms with Crippen molar-refractivity contribution in [2.24, 2.45) is 11.8 Å². The number of fused-ring (bicyclic) bond motifs is 2. The van der Waals surface area contributed by atoms with Gasteiger partial charge < -0.3 is 6.42 Å². The molecule has 2 saturated carbocycles. The Labute approximate surface area is 190 Å². The van der Waals surface area contributed by atoms with Gasteiger partial charge in [0.2, 0.25) is 0 Å². The summed E-state index contributed by atoms with van der Waals surface area (Å²) in [5, 5.41) is 0. The molecule has 0 aromatic heterocycles. The SMILES string of the molecule is [CH-]1CC2CCC1C2.[U+2].[c-]1ccc([S+](c2ccccc2)c2ccccc2)cc1. The van der Waals surface area contributed by atoms with Gasteiger partial charge in [-0.3, -0.25) is 0 Å². The quantitative estimate of drug-likeness (QED) is 0.237. The molecule has 134 valence electrons. The minimum absolute atomic E-state index is 0. The second-order valence-corrected chi connectivity index (χ2v) is 9.11. The fourth-order valence-electron chi connectivity index (χ4n) is 3.96. The average Bonchev–Trinajstić information content (AvgIpc) is 3.37. The van der Waals surface area contributed by atoms with E-state index in [-0.39, 0.29) is 42.0 Å². The van der Waals surface area contributed by atoms with Gasteiger partial charge in [-0.2, -0.15) is 30.5 Å². The van der Waals surface area contributed by atoms with Crippen LogP contribution >= 0.6 is 0 Å². The third-order valence-corrected chi connectivity index (χ3v) is 7.50. The Morgan fingerprint density at radius 2 is 1.30 bits per heavy atom. The van der Waals surface area contributed by atoms with Crippen LogP contribution in [0.5, 0.6) is 0 Å². The molecule has 3 aromatic rings. The van der Waals surface area contributed by atoms with E-state index in [0.717, 1.165) is 11.8 Å². The maximum Gasteiger partial charge on any atom is 2.00 e. The number of benzene rings is 3. The van der Waals surface area contributed by atoms with Crippen molar-refractivity contribution in [3.05, 3.63) is 97.4 Å². The smallest absolute Gasteiger partial charge is 0.325 e. The molecule has 5 rings (SSSR count). The van der Waals surface area contributed by atoms with Gasteiger partial charge >= 0.3 is 31.1 Å². The fraction of sp³-hybridized carbons (Fsp3) is 0.240. The van der Waals surface area contributed by atoms with Gasteiger partial charge in [0.1, 0.15) is 0 Å². The van der Waals surface area contributed by atoms with Crippen LogP contribution in [0, 0.1) is 55.4 Å². The van der Waals surface area contributed by atoms with Crippen LogP contribution in [0.1, 0.15) is 25.7 Å². The van der Waals surface area contributed by atoms with Gasteiger partial charge in [0.05, 0.1) is 15.8 Å². The topological polar surface area (TPSA) is 0 Å². The maximum atomic E-state index is 3.10. The van der Waals surface area contributed by atoms with Crippen LogP contribution in [-0.4, -0.2) is 0 Å². The van der Waals surface area contributed by atoms with E-state index < -0.39 is 0 Å². The Bertz CT molecular complexity index is 676. The van der Waals surface area contributed by atoms with Crippen molar-refractivity contribution in [2.75, 3.05) is 0 Å². The van der Waals surface area contributed by atoms with Crippen molar-refractivity contribution in [2.45, 2.75) is 40.4 Å². The minimum atomic E-state index is -0.0346. The van der Waals surface area contributed by atoms with Crippen LogP contribution in [-0.2, 0) is 10.9 Å². The Morgan fingerprint density at radius 1 is 0.741 bits per heavy atom. The Morgan fingerprint density at radius 3 is 1.67 bits per heavy atom. The maximum absolute atomic E-state index is 3.10. The Kier molecular flexibility index (Phi) is 8.13. The van der Waals surface area contributed by atoms with Crippen LogP contribution in [0.15, 0.2) is 99.6 Å². The molecule has 2 aliphatic carbocycles. The van der Waals surface area contributed by atoms with Crippen molar-refractivity contribution in [3.8, 4) is 0 Å². The molecule has 2 heteroatoms. The first-order chi connectivity index (χ1) is 12.9. The molecule has 0 spiro atoms. The van der Waals surface area contributed by atoms with E-state index in [9.17, 15) is 0 Å². The Balaban J connectivity index is 0.000000219. The predicted molar refractivity (Wildman–Crippen MR) is 110 cm³/mol. The molecular formula is C25H25SU+. The largest absolute Gasteiger partial charge is 2.00 e. The van der Waals surface area contributed by atoms with Gasteiger partial charge in [0.15, 0.2) is 9.79 Å². The first-order valence-electron chi connectivity index (χ1n) is 9.54. The van der Waals surface area contributed by atoms with E-state index >= 15 is 0 Å². The molecule has 27 heavy (non-hydrogen) atoms. The van der Waals surface area contributed by atoms with E-state index in [0.29, 0.717) is 0 Å². The Hall–Kier alpha value is -0.938. The van der Waals surface area contributed by atoms with E-state index in [1.807, 2.05) is 12.1 Å². The molecule has 0 N–H and O–H groups in total. The van der Waals surface area contributed by atoms with Crippen LogP contribution < -0.4 is 0 Å². The summed E-state index contributed by atoms with van der Waals surface area (Å²) in [5.74, 6) is 2.16. The molecule has 2 atom stereocenters. The average molecular weight is 596 g/mol. The van der Waals surface area contributed by atoms with Gasteiger partial charge in [-0.25, -0.2) is 0 Å². The molecule has 2 bridgehead atoms. The number of hydrogen-bond acceptors (Lipinski definition) is 0. The molecule has 0 saturated heterocycles. The third-order valence-electron chi connectivity index (χ3n) is 5.27. The number of rotatable bonds is 3. The van der Waals surface area contributed by atoms with Crippen LogP contribution in [0.2, 0.25) is 0 Å². The first kappa shape index (κ1) is 20.8. The molecule has 0 radical (unpaired) electrons. The van der Waals surface area contributed by atoms with Gasteiger partial charge in [-0.05, 0) is 24.3 Å². The van der Waals surface area contributed by atoms with Crippen molar-refractivity contribution in [1.82, 2.24) is 0 Å². The summed E-state index contributed by atoms with van der Waals surface area (Å²) in [7, 11) is -0.0346.